The van der Waals surface area contributed by atoms with Crippen LogP contribution in [0.2, 0.25) is 0 Å². The Morgan fingerprint density at radius 2 is 1.90 bits per heavy atom. The number of unbranched alkanes of at least 4 members (excludes halogenated alkanes) is 1. The van der Waals surface area contributed by atoms with Gasteiger partial charge in [-0.1, -0.05) is 48.3 Å². The van der Waals surface area contributed by atoms with E-state index in [1.54, 1.807) is 14.1 Å². The van der Waals surface area contributed by atoms with Crippen LogP contribution in [0.1, 0.15) is 19.8 Å². The summed E-state index contributed by atoms with van der Waals surface area (Å²) >= 11 is 13.2. The smallest absolute Gasteiger partial charge is 0.269 e. The molecule has 0 unspecified atom stereocenters. The first kappa shape index (κ1) is 17.5. The number of hydrogen-bond acceptors (Lipinski definition) is 3. The lowest BCUT2D eigenvalue weighted by Crippen LogP contribution is -2.35. The van der Waals surface area contributed by atoms with Crippen molar-refractivity contribution in [1.29, 1.82) is 0 Å². The topological polar surface area (TPSA) is 29.5 Å². The standard InChI is InChI=1S/C14H19Cl2NO2S/c1-4-5-10-19-11-6-8-12(9-7-11)20-14(15,16)13(18)17(2)3/h6-9H,4-5,10H2,1-3H3/i13+1,14+1. The number of ether oxygens (including phenoxy) is 1. The number of benzene rings is 1. The van der Waals surface area contributed by atoms with Crippen LogP contribution in [-0.4, -0.2) is 35.2 Å². The lowest BCUT2D eigenvalue weighted by molar-refractivity contribution is -0.127. The Balaban J connectivity index is 2.63. The number of amides is 1. The number of hydrogen-bond donors (Lipinski definition) is 0. The molecule has 0 saturated carbocycles. The number of thioether (sulfide) groups is 1. The van der Waals surface area contributed by atoms with Crippen LogP contribution < -0.4 is 4.74 Å². The van der Waals surface area contributed by atoms with Gasteiger partial charge in [0.05, 0.1) is 6.61 Å². The molecule has 0 fully saturated rings. The molecule has 0 spiro atoms. The molecule has 6 heteroatoms. The predicted octanol–water partition coefficient (Wildman–Crippen LogP) is 4.18. The fraction of sp³-hybridized carbons (Fsp3) is 0.500. The van der Waals surface area contributed by atoms with Crippen LogP contribution >= 0.6 is 35.0 Å². The fourth-order valence-corrected chi connectivity index (χ4v) is 3.10. The summed E-state index contributed by atoms with van der Waals surface area (Å²) in [6, 6.07) is 7.38. The molecular weight excluding hydrogens is 319 g/mol. The van der Waals surface area contributed by atoms with Gasteiger partial charge in [-0.05, 0) is 30.7 Å². The molecule has 0 N–H and O–H groups in total. The highest BCUT2D eigenvalue weighted by Crippen LogP contribution is 2.41. The summed E-state index contributed by atoms with van der Waals surface area (Å²) in [5, 5.41) is 0. The summed E-state index contributed by atoms with van der Waals surface area (Å²) in [5.74, 6) is 0.450. The second kappa shape index (κ2) is 8.01. The average Bonchev–Trinajstić information content (AvgIpc) is 2.39. The van der Waals surface area contributed by atoms with Crippen molar-refractivity contribution in [3.8, 4) is 5.75 Å². The highest BCUT2D eigenvalue weighted by atomic mass is 35.5. The second-order valence-corrected chi connectivity index (χ2v) is 7.56. The van der Waals surface area contributed by atoms with Crippen molar-refractivity contribution in [2.75, 3.05) is 20.7 Å². The molecule has 1 aromatic rings. The Kier molecular flexibility index (Phi) is 7.00. The second-order valence-electron chi connectivity index (χ2n) is 4.49. The molecular formula is C14H19Cl2NO2S. The van der Waals surface area contributed by atoms with Crippen LogP contribution in [0.25, 0.3) is 0 Å². The van der Waals surface area contributed by atoms with Crippen molar-refractivity contribution in [2.24, 2.45) is 0 Å². The van der Waals surface area contributed by atoms with Gasteiger partial charge in [0.1, 0.15) is 5.75 Å². The molecule has 3 nitrogen and oxygen atoms in total. The van der Waals surface area contributed by atoms with Gasteiger partial charge < -0.3 is 9.64 Å². The zero-order valence-corrected chi connectivity index (χ0v) is 14.2. The first-order valence-electron chi connectivity index (χ1n) is 6.38. The highest BCUT2D eigenvalue weighted by molar-refractivity contribution is 8.04. The van der Waals surface area contributed by atoms with E-state index in [4.69, 9.17) is 27.9 Å². The Bertz CT molecular complexity index is 435. The molecule has 0 bridgehead atoms. The molecule has 1 rings (SSSR count). The molecule has 0 aliphatic heterocycles. The molecule has 0 atom stereocenters. The molecule has 0 radical (unpaired) electrons. The predicted molar refractivity (Wildman–Crippen MR) is 85.8 cm³/mol. The van der Waals surface area contributed by atoms with Gasteiger partial charge in [0.15, 0.2) is 0 Å². The van der Waals surface area contributed by atoms with Crippen LogP contribution in [0, 0.1) is 0 Å². The lowest BCUT2D eigenvalue weighted by atomic mass is 10.3. The van der Waals surface area contributed by atoms with Gasteiger partial charge in [-0.3, -0.25) is 4.79 Å². The zero-order chi connectivity index (χ0) is 15.2. The maximum atomic E-state index is 11.8. The van der Waals surface area contributed by atoms with Gasteiger partial charge in [-0.25, -0.2) is 0 Å². The van der Waals surface area contributed by atoms with E-state index in [1.807, 2.05) is 24.3 Å². The van der Waals surface area contributed by atoms with E-state index in [9.17, 15) is 4.79 Å². The Labute approximate surface area is 134 Å². The van der Waals surface area contributed by atoms with E-state index < -0.39 is 3.67 Å². The van der Waals surface area contributed by atoms with Crippen molar-refractivity contribution >= 4 is 40.9 Å². The molecule has 1 amide bonds. The summed E-state index contributed by atoms with van der Waals surface area (Å²) < 4.78 is 4.05. The lowest BCUT2D eigenvalue weighted by Gasteiger charge is -2.22. The molecule has 1 aromatic carbocycles. The highest BCUT2D eigenvalue weighted by Gasteiger charge is 2.36. The van der Waals surface area contributed by atoms with Crippen molar-refractivity contribution in [2.45, 2.75) is 28.3 Å². The minimum atomic E-state index is -1.52. The van der Waals surface area contributed by atoms with Gasteiger partial charge in [0.2, 0.25) is 3.67 Å². The summed E-state index contributed by atoms with van der Waals surface area (Å²) in [4.78, 5) is 14.0. The van der Waals surface area contributed by atoms with E-state index in [-0.39, 0.29) is 5.91 Å². The van der Waals surface area contributed by atoms with Crippen molar-refractivity contribution in [1.82, 2.24) is 4.90 Å². The molecule has 112 valence electrons. The van der Waals surface area contributed by atoms with E-state index in [2.05, 4.69) is 6.92 Å². The molecule has 0 heterocycles. The first-order chi connectivity index (χ1) is 9.36. The third kappa shape index (κ3) is 5.43. The van der Waals surface area contributed by atoms with Crippen molar-refractivity contribution in [3.05, 3.63) is 24.3 Å². The molecule has 0 saturated heterocycles. The fourth-order valence-electron chi connectivity index (χ4n) is 1.39. The minimum absolute atomic E-state index is 0.353. The Morgan fingerprint density at radius 3 is 2.40 bits per heavy atom. The SMILES string of the molecule is CCCCOc1ccc(S[13C](Cl)(Cl)[13C](=O)N(C)C)cc1. The van der Waals surface area contributed by atoms with Crippen LogP contribution in [0.15, 0.2) is 29.2 Å². The summed E-state index contributed by atoms with van der Waals surface area (Å²) in [6.07, 6.45) is 2.13. The number of carbonyl (C=O) groups is 1. The maximum absolute atomic E-state index is 11.8. The van der Waals surface area contributed by atoms with Crippen molar-refractivity contribution < 1.29 is 9.53 Å². The van der Waals surface area contributed by atoms with Crippen LogP contribution in [0.4, 0.5) is 0 Å². The average molecular weight is 338 g/mol. The van der Waals surface area contributed by atoms with Gasteiger partial charge in [-0.15, -0.1) is 0 Å². The Morgan fingerprint density at radius 1 is 1.30 bits per heavy atom. The van der Waals surface area contributed by atoms with E-state index in [0.29, 0.717) is 6.61 Å². The Hall–Kier alpha value is -0.580. The van der Waals surface area contributed by atoms with Gasteiger partial charge in [0, 0.05) is 19.0 Å². The van der Waals surface area contributed by atoms with E-state index >= 15 is 0 Å². The van der Waals surface area contributed by atoms with E-state index in [0.717, 1.165) is 35.2 Å². The third-order valence-electron chi connectivity index (χ3n) is 2.49. The number of halogens is 2. The van der Waals surface area contributed by atoms with Gasteiger partial charge in [-0.2, -0.15) is 0 Å². The largest absolute Gasteiger partial charge is 0.494 e. The summed E-state index contributed by atoms with van der Waals surface area (Å²) in [6.45, 7) is 2.82. The molecule has 0 aliphatic carbocycles. The maximum Gasteiger partial charge on any atom is 0.269 e. The van der Waals surface area contributed by atoms with Crippen LogP contribution in [-0.2, 0) is 4.79 Å². The van der Waals surface area contributed by atoms with Gasteiger partial charge >= 0.3 is 0 Å². The number of nitrogens with zero attached hydrogens (tertiary/aromatic N) is 1. The third-order valence-corrected chi connectivity index (χ3v) is 4.22. The monoisotopic (exact) mass is 337 g/mol. The minimum Gasteiger partial charge on any atom is -0.494 e. The van der Waals surface area contributed by atoms with E-state index in [1.165, 1.54) is 4.90 Å². The molecule has 20 heavy (non-hydrogen) atoms. The summed E-state index contributed by atoms with van der Waals surface area (Å²) in [7, 11) is 3.24. The molecule has 0 aromatic heterocycles. The number of alkyl halides is 2. The van der Waals surface area contributed by atoms with Crippen LogP contribution in [0.5, 0.6) is 5.75 Å². The first-order valence-corrected chi connectivity index (χ1v) is 7.95. The van der Waals surface area contributed by atoms with Crippen LogP contribution in [0.3, 0.4) is 0 Å². The number of rotatable bonds is 7. The number of carbonyl (C=O) groups excluding carboxylic acids is 1. The quantitative estimate of drug-likeness (QED) is 0.323. The zero-order valence-electron chi connectivity index (χ0n) is 11.9. The van der Waals surface area contributed by atoms with Gasteiger partial charge in [0.25, 0.3) is 5.91 Å². The normalized spacial score (nSPS) is 11.2. The molecule has 0 aliphatic rings. The van der Waals surface area contributed by atoms with Crippen molar-refractivity contribution in [3.63, 3.8) is 0 Å². The summed E-state index contributed by atoms with van der Waals surface area (Å²) in [5.41, 5.74) is 0.